The third-order valence-electron chi connectivity index (χ3n) is 5.66. The average molecular weight is 450 g/mol. The van der Waals surface area contributed by atoms with Crippen molar-refractivity contribution in [3.63, 3.8) is 0 Å². The Hall–Kier alpha value is -3.13. The Balaban J connectivity index is 1.35. The van der Waals surface area contributed by atoms with E-state index in [0.717, 1.165) is 24.2 Å². The van der Waals surface area contributed by atoms with Crippen molar-refractivity contribution >= 4 is 29.3 Å². The quantitative estimate of drug-likeness (QED) is 0.559. The number of amides is 2. The molecule has 0 radical (unpaired) electrons. The molecule has 0 saturated heterocycles. The number of anilines is 1. The van der Waals surface area contributed by atoms with Gasteiger partial charge in [0.05, 0.1) is 12.2 Å². The van der Waals surface area contributed by atoms with Crippen LogP contribution in [0.5, 0.6) is 0 Å². The summed E-state index contributed by atoms with van der Waals surface area (Å²) < 4.78 is 1.90. The number of fused-ring (bicyclic) bond motifs is 1. The highest BCUT2D eigenvalue weighted by atomic mass is 32.2. The molecule has 0 unspecified atom stereocenters. The zero-order valence-corrected chi connectivity index (χ0v) is 19.2. The maximum atomic E-state index is 12.8. The Morgan fingerprint density at radius 1 is 1.06 bits per heavy atom. The Bertz CT molecular complexity index is 1130. The van der Waals surface area contributed by atoms with Crippen LogP contribution in [0.2, 0.25) is 0 Å². The van der Waals surface area contributed by atoms with E-state index in [0.29, 0.717) is 29.8 Å². The highest BCUT2D eigenvalue weighted by Gasteiger charge is 2.22. The van der Waals surface area contributed by atoms with E-state index >= 15 is 0 Å². The Morgan fingerprint density at radius 2 is 1.81 bits per heavy atom. The van der Waals surface area contributed by atoms with Crippen LogP contribution in [-0.4, -0.2) is 43.8 Å². The molecule has 0 aliphatic carbocycles. The third kappa shape index (κ3) is 5.02. The van der Waals surface area contributed by atoms with Gasteiger partial charge in [0.25, 0.3) is 0 Å². The van der Waals surface area contributed by atoms with Crippen LogP contribution in [0, 0.1) is 6.92 Å². The standard InChI is InChI=1S/C24H27N5O2S/c1-3-29-21(14-22(30)25-20-11-7-4-8-17(20)2)26-27-24(29)32-16-23(31)28-13-12-18-9-5-6-10-19(18)15-28/h4-11H,3,12-16H2,1-2H3,(H,25,30). The van der Waals surface area contributed by atoms with E-state index < -0.39 is 0 Å². The van der Waals surface area contributed by atoms with Crippen molar-refractivity contribution in [2.75, 3.05) is 17.6 Å². The summed E-state index contributed by atoms with van der Waals surface area (Å²) in [5, 5.41) is 12.1. The molecule has 4 rings (SSSR count). The molecule has 1 aromatic heterocycles. The number of nitrogens with zero attached hydrogens (tertiary/aromatic N) is 4. The Morgan fingerprint density at radius 3 is 2.59 bits per heavy atom. The van der Waals surface area contributed by atoms with E-state index in [-0.39, 0.29) is 18.2 Å². The fraction of sp³-hybridized carbons (Fsp3) is 0.333. The number of nitrogens with one attached hydrogen (secondary N) is 1. The summed E-state index contributed by atoms with van der Waals surface area (Å²) >= 11 is 1.38. The average Bonchev–Trinajstić information content (AvgIpc) is 3.19. The summed E-state index contributed by atoms with van der Waals surface area (Å²) in [5.74, 6) is 0.853. The highest BCUT2D eigenvalue weighted by Crippen LogP contribution is 2.22. The number of hydrogen-bond donors (Lipinski definition) is 1. The van der Waals surface area contributed by atoms with Crippen LogP contribution in [-0.2, 0) is 35.5 Å². The summed E-state index contributed by atoms with van der Waals surface area (Å²) in [6.07, 6.45) is 1.02. The predicted octanol–water partition coefficient (Wildman–Crippen LogP) is 3.46. The number of aromatic nitrogens is 3. The van der Waals surface area contributed by atoms with Crippen LogP contribution < -0.4 is 5.32 Å². The predicted molar refractivity (Wildman–Crippen MR) is 125 cm³/mol. The maximum absolute atomic E-state index is 12.8. The van der Waals surface area contributed by atoms with Crippen molar-refractivity contribution in [2.24, 2.45) is 0 Å². The fourth-order valence-corrected chi connectivity index (χ4v) is 4.78. The van der Waals surface area contributed by atoms with Crippen molar-refractivity contribution in [1.29, 1.82) is 0 Å². The molecule has 0 spiro atoms. The van der Waals surface area contributed by atoms with Crippen molar-refractivity contribution in [3.05, 3.63) is 71.0 Å². The van der Waals surface area contributed by atoms with Gasteiger partial charge in [0.15, 0.2) is 5.16 Å². The summed E-state index contributed by atoms with van der Waals surface area (Å²) in [6.45, 7) is 5.96. The summed E-state index contributed by atoms with van der Waals surface area (Å²) in [5.41, 5.74) is 4.34. The van der Waals surface area contributed by atoms with E-state index in [1.165, 1.54) is 22.9 Å². The van der Waals surface area contributed by atoms with Crippen LogP contribution in [0.3, 0.4) is 0 Å². The van der Waals surface area contributed by atoms with Gasteiger partial charge in [0.2, 0.25) is 11.8 Å². The molecule has 0 saturated carbocycles. The van der Waals surface area contributed by atoms with E-state index in [9.17, 15) is 9.59 Å². The number of carbonyl (C=O) groups excluding carboxylic acids is 2. The SMILES string of the molecule is CCn1c(CC(=O)Nc2ccccc2C)nnc1SCC(=O)N1CCc2ccccc2C1. The molecule has 2 amide bonds. The summed E-state index contributed by atoms with van der Waals surface area (Å²) in [4.78, 5) is 27.2. The van der Waals surface area contributed by atoms with Gasteiger partial charge in [-0.25, -0.2) is 0 Å². The second-order valence-corrected chi connectivity index (χ2v) is 8.75. The van der Waals surface area contributed by atoms with Gasteiger partial charge in [-0.15, -0.1) is 10.2 Å². The minimum Gasteiger partial charge on any atom is -0.337 e. The van der Waals surface area contributed by atoms with Gasteiger partial charge in [-0.3, -0.25) is 9.59 Å². The molecule has 8 heteroatoms. The Labute approximate surface area is 192 Å². The molecule has 0 bridgehead atoms. The number of aryl methyl sites for hydroxylation is 1. The minimum absolute atomic E-state index is 0.0917. The zero-order chi connectivity index (χ0) is 22.5. The molecule has 0 fully saturated rings. The van der Waals surface area contributed by atoms with Gasteiger partial charge in [-0.2, -0.15) is 0 Å². The first kappa shape index (κ1) is 22.1. The van der Waals surface area contributed by atoms with Gasteiger partial charge >= 0.3 is 0 Å². The van der Waals surface area contributed by atoms with Crippen LogP contribution >= 0.6 is 11.8 Å². The molecular weight excluding hydrogens is 422 g/mol. The van der Waals surface area contributed by atoms with Gasteiger partial charge < -0.3 is 14.8 Å². The lowest BCUT2D eigenvalue weighted by Gasteiger charge is -2.28. The number of hydrogen-bond acceptors (Lipinski definition) is 5. The first-order valence-corrected chi connectivity index (χ1v) is 11.8. The maximum Gasteiger partial charge on any atom is 0.233 e. The molecule has 1 aliphatic rings. The number of thioether (sulfide) groups is 1. The zero-order valence-electron chi connectivity index (χ0n) is 18.4. The number of benzene rings is 2. The molecule has 3 aromatic rings. The van der Waals surface area contributed by atoms with Crippen LogP contribution in [0.4, 0.5) is 5.69 Å². The van der Waals surface area contributed by atoms with E-state index in [2.05, 4.69) is 27.6 Å². The van der Waals surface area contributed by atoms with Crippen LogP contribution in [0.1, 0.15) is 29.4 Å². The molecule has 2 aromatic carbocycles. The number of carbonyl (C=O) groups is 2. The fourth-order valence-electron chi connectivity index (χ4n) is 3.85. The first-order chi connectivity index (χ1) is 15.5. The molecule has 7 nitrogen and oxygen atoms in total. The van der Waals surface area contributed by atoms with Crippen LogP contribution in [0.15, 0.2) is 53.7 Å². The lowest BCUT2D eigenvalue weighted by atomic mass is 10.00. The van der Waals surface area contributed by atoms with Crippen LogP contribution in [0.25, 0.3) is 0 Å². The number of rotatable bonds is 7. The highest BCUT2D eigenvalue weighted by molar-refractivity contribution is 7.99. The molecule has 0 atom stereocenters. The van der Waals surface area contributed by atoms with Crippen molar-refractivity contribution < 1.29 is 9.59 Å². The van der Waals surface area contributed by atoms with E-state index in [1.54, 1.807) is 0 Å². The molecule has 2 heterocycles. The van der Waals surface area contributed by atoms with Crippen molar-refractivity contribution in [2.45, 2.75) is 44.9 Å². The Kier molecular flexibility index (Phi) is 6.90. The molecule has 32 heavy (non-hydrogen) atoms. The van der Waals surface area contributed by atoms with Gasteiger partial charge in [-0.1, -0.05) is 54.2 Å². The van der Waals surface area contributed by atoms with Gasteiger partial charge in [-0.05, 0) is 43.0 Å². The van der Waals surface area contributed by atoms with Crippen molar-refractivity contribution in [1.82, 2.24) is 19.7 Å². The molecular formula is C24H27N5O2S. The third-order valence-corrected chi connectivity index (χ3v) is 6.61. The smallest absolute Gasteiger partial charge is 0.233 e. The van der Waals surface area contributed by atoms with E-state index in [1.807, 2.05) is 59.7 Å². The second-order valence-electron chi connectivity index (χ2n) is 7.81. The monoisotopic (exact) mass is 449 g/mol. The largest absolute Gasteiger partial charge is 0.337 e. The number of para-hydroxylation sites is 1. The minimum atomic E-state index is -0.138. The lowest BCUT2D eigenvalue weighted by Crippen LogP contribution is -2.37. The van der Waals surface area contributed by atoms with Crippen molar-refractivity contribution in [3.8, 4) is 0 Å². The summed E-state index contributed by atoms with van der Waals surface area (Å²) in [7, 11) is 0. The second kappa shape index (κ2) is 9.99. The van der Waals surface area contributed by atoms with Gasteiger partial charge in [0, 0.05) is 25.3 Å². The first-order valence-electron chi connectivity index (χ1n) is 10.8. The normalized spacial score (nSPS) is 13.0. The topological polar surface area (TPSA) is 80.1 Å². The van der Waals surface area contributed by atoms with E-state index in [4.69, 9.17) is 0 Å². The summed E-state index contributed by atoms with van der Waals surface area (Å²) in [6, 6.07) is 15.9. The lowest BCUT2D eigenvalue weighted by molar-refractivity contribution is -0.129. The van der Waals surface area contributed by atoms with Gasteiger partial charge in [0.1, 0.15) is 5.82 Å². The molecule has 1 N–H and O–H groups in total. The molecule has 166 valence electrons. The molecule has 1 aliphatic heterocycles.